The van der Waals surface area contributed by atoms with E-state index < -0.39 is 0 Å². The van der Waals surface area contributed by atoms with E-state index in [1.54, 1.807) is 20.4 Å². The fourth-order valence-electron chi connectivity index (χ4n) is 2.86. The van der Waals surface area contributed by atoms with Crippen LogP contribution in [0.1, 0.15) is 18.9 Å². The summed E-state index contributed by atoms with van der Waals surface area (Å²) in [6, 6.07) is 11.4. The molecule has 9 heteroatoms. The number of rotatable bonds is 13. The maximum absolute atomic E-state index is 5.87. The molecule has 1 aromatic carbocycles. The minimum Gasteiger partial charge on any atom is -0.490 e. The summed E-state index contributed by atoms with van der Waals surface area (Å²) in [7, 11) is 5.60. The van der Waals surface area contributed by atoms with Gasteiger partial charge >= 0.3 is 0 Å². The van der Waals surface area contributed by atoms with Crippen LogP contribution in [-0.4, -0.2) is 69.9 Å². The quantitative estimate of drug-likeness (QED) is 0.169. The summed E-state index contributed by atoms with van der Waals surface area (Å²) in [6.07, 6.45) is 2.83. The number of halogens is 1. The first-order chi connectivity index (χ1) is 15.2. The molecule has 0 fully saturated rings. The Bertz CT molecular complexity index is 789. The lowest BCUT2D eigenvalue weighted by molar-refractivity contribution is 0.180. The Hall–Kier alpha value is -2.11. The van der Waals surface area contributed by atoms with Gasteiger partial charge in [-0.3, -0.25) is 4.99 Å². The molecule has 0 atom stereocenters. The van der Waals surface area contributed by atoms with Crippen LogP contribution >= 0.6 is 24.0 Å². The Morgan fingerprint density at radius 1 is 1.09 bits per heavy atom. The van der Waals surface area contributed by atoms with Gasteiger partial charge in [0, 0.05) is 59.2 Å². The number of benzene rings is 1. The Balaban J connectivity index is 0.00000512. The first-order valence-electron chi connectivity index (χ1n) is 10.6. The van der Waals surface area contributed by atoms with Gasteiger partial charge in [0.15, 0.2) is 17.5 Å². The molecular weight excluding hydrogens is 521 g/mol. The summed E-state index contributed by atoms with van der Waals surface area (Å²) in [4.78, 5) is 10.9. The molecule has 8 nitrogen and oxygen atoms in total. The highest BCUT2D eigenvalue weighted by atomic mass is 127. The second-order valence-corrected chi connectivity index (χ2v) is 6.99. The van der Waals surface area contributed by atoms with Gasteiger partial charge in [-0.25, -0.2) is 4.98 Å². The molecule has 0 spiro atoms. The molecular formula is C23H36IN5O3. The van der Waals surface area contributed by atoms with Crippen molar-refractivity contribution in [3.8, 4) is 17.4 Å². The Labute approximate surface area is 208 Å². The van der Waals surface area contributed by atoms with Crippen LogP contribution in [0.3, 0.4) is 0 Å². The number of aromatic nitrogens is 1. The van der Waals surface area contributed by atoms with Crippen LogP contribution in [0.4, 0.5) is 0 Å². The number of likely N-dealkylation sites (N-methyl/N-ethyl adjacent to an activating group) is 1. The van der Waals surface area contributed by atoms with Gasteiger partial charge in [-0.05, 0) is 38.1 Å². The van der Waals surface area contributed by atoms with Gasteiger partial charge < -0.3 is 29.7 Å². The van der Waals surface area contributed by atoms with E-state index in [1.807, 2.05) is 43.3 Å². The number of hydrogen-bond acceptors (Lipinski definition) is 6. The smallest absolute Gasteiger partial charge is 0.219 e. The molecule has 0 aliphatic rings. The third-order valence-electron chi connectivity index (χ3n) is 4.52. The minimum atomic E-state index is 0. The van der Waals surface area contributed by atoms with E-state index in [4.69, 9.17) is 14.2 Å². The third kappa shape index (κ3) is 10.5. The lowest BCUT2D eigenvalue weighted by Gasteiger charge is -2.18. The van der Waals surface area contributed by atoms with Crippen molar-refractivity contribution in [1.82, 2.24) is 20.5 Å². The van der Waals surface area contributed by atoms with Crippen molar-refractivity contribution in [3.63, 3.8) is 0 Å². The normalized spacial score (nSPS) is 11.1. The highest BCUT2D eigenvalue weighted by Gasteiger charge is 2.06. The first-order valence-corrected chi connectivity index (χ1v) is 10.6. The van der Waals surface area contributed by atoms with Gasteiger partial charge in [-0.1, -0.05) is 18.2 Å². The second kappa shape index (κ2) is 16.5. The van der Waals surface area contributed by atoms with Crippen LogP contribution in [0.15, 0.2) is 47.6 Å². The number of pyridine rings is 1. The van der Waals surface area contributed by atoms with E-state index in [-0.39, 0.29) is 24.0 Å². The van der Waals surface area contributed by atoms with Crippen LogP contribution in [0.2, 0.25) is 0 Å². The third-order valence-corrected chi connectivity index (χ3v) is 4.52. The SMILES string of the molecule is CCOc1ccccc1Oc1ccc(CNC(=NC)NCCN(C)CCCOC)cn1.I. The number of methoxy groups -OCH3 is 1. The van der Waals surface area contributed by atoms with Crippen LogP contribution in [0, 0.1) is 0 Å². The van der Waals surface area contributed by atoms with Gasteiger partial charge in [-0.2, -0.15) is 0 Å². The van der Waals surface area contributed by atoms with Crippen LogP contribution in [0.5, 0.6) is 17.4 Å². The number of hydrogen-bond donors (Lipinski definition) is 2. The molecule has 0 amide bonds. The molecule has 0 radical (unpaired) electrons. The van der Waals surface area contributed by atoms with Crippen molar-refractivity contribution < 1.29 is 14.2 Å². The molecule has 1 aromatic heterocycles. The number of ether oxygens (including phenoxy) is 3. The fraction of sp³-hybridized carbons (Fsp3) is 0.478. The Morgan fingerprint density at radius 2 is 1.88 bits per heavy atom. The molecule has 1 heterocycles. The zero-order valence-electron chi connectivity index (χ0n) is 19.5. The van der Waals surface area contributed by atoms with Crippen LogP contribution < -0.4 is 20.1 Å². The summed E-state index contributed by atoms with van der Waals surface area (Å²) in [5, 5.41) is 6.64. The number of guanidine groups is 1. The van der Waals surface area contributed by atoms with E-state index in [2.05, 4.69) is 32.6 Å². The van der Waals surface area contributed by atoms with E-state index in [1.165, 1.54) is 0 Å². The lowest BCUT2D eigenvalue weighted by atomic mass is 10.3. The monoisotopic (exact) mass is 557 g/mol. The van der Waals surface area contributed by atoms with Crippen molar-refractivity contribution >= 4 is 29.9 Å². The van der Waals surface area contributed by atoms with E-state index in [0.717, 1.165) is 44.2 Å². The van der Waals surface area contributed by atoms with Crippen molar-refractivity contribution in [1.29, 1.82) is 0 Å². The maximum Gasteiger partial charge on any atom is 0.219 e. The average molecular weight is 557 g/mol. The molecule has 2 N–H and O–H groups in total. The van der Waals surface area contributed by atoms with Gasteiger partial charge in [0.2, 0.25) is 5.88 Å². The lowest BCUT2D eigenvalue weighted by Crippen LogP contribution is -2.40. The molecule has 178 valence electrons. The van der Waals surface area contributed by atoms with Gasteiger partial charge in [0.1, 0.15) is 0 Å². The molecule has 0 unspecified atom stereocenters. The molecule has 0 aliphatic heterocycles. The fourth-order valence-corrected chi connectivity index (χ4v) is 2.86. The first kappa shape index (κ1) is 27.9. The summed E-state index contributed by atoms with van der Waals surface area (Å²) in [5.74, 6) is 2.64. The summed E-state index contributed by atoms with van der Waals surface area (Å²) in [5.41, 5.74) is 1.03. The topological polar surface area (TPSA) is 80.2 Å². The van der Waals surface area contributed by atoms with Crippen LogP contribution in [0.25, 0.3) is 0 Å². The maximum atomic E-state index is 5.87. The average Bonchev–Trinajstić information content (AvgIpc) is 2.79. The standard InChI is InChI=1S/C23H35N5O3.HI/c1-5-30-20-9-6-7-10-21(20)31-22-12-11-19(17-26-22)18-27-23(24-2)25-13-15-28(3)14-8-16-29-4;/h6-7,9-12,17H,5,8,13-16,18H2,1-4H3,(H2,24,25,27);1H. The summed E-state index contributed by atoms with van der Waals surface area (Å²) >= 11 is 0. The number of aliphatic imine (C=N–C) groups is 1. The molecule has 0 saturated heterocycles. The van der Waals surface area contributed by atoms with Crippen molar-refractivity contribution in [3.05, 3.63) is 48.2 Å². The van der Waals surface area contributed by atoms with Crippen molar-refractivity contribution in [2.24, 2.45) is 4.99 Å². The number of nitrogens with one attached hydrogen (secondary N) is 2. The zero-order valence-corrected chi connectivity index (χ0v) is 21.8. The Kier molecular flexibility index (Phi) is 14.4. The molecule has 0 bridgehead atoms. The van der Waals surface area contributed by atoms with E-state index in [9.17, 15) is 0 Å². The predicted octanol–water partition coefficient (Wildman–Crippen LogP) is 3.52. The van der Waals surface area contributed by atoms with Crippen LogP contribution in [-0.2, 0) is 11.3 Å². The molecule has 32 heavy (non-hydrogen) atoms. The number of para-hydroxylation sites is 2. The largest absolute Gasteiger partial charge is 0.490 e. The van der Waals surface area contributed by atoms with Crippen molar-refractivity contribution in [2.75, 3.05) is 54.1 Å². The minimum absolute atomic E-state index is 0. The van der Waals surface area contributed by atoms with Crippen molar-refractivity contribution in [2.45, 2.75) is 19.9 Å². The van der Waals surface area contributed by atoms with Gasteiger partial charge in [0.05, 0.1) is 6.61 Å². The van der Waals surface area contributed by atoms with E-state index >= 15 is 0 Å². The Morgan fingerprint density at radius 3 is 2.53 bits per heavy atom. The molecule has 0 aliphatic carbocycles. The number of nitrogens with zero attached hydrogens (tertiary/aromatic N) is 3. The predicted molar refractivity (Wildman–Crippen MR) is 140 cm³/mol. The highest BCUT2D eigenvalue weighted by molar-refractivity contribution is 14.0. The van der Waals surface area contributed by atoms with Gasteiger partial charge in [0.25, 0.3) is 0 Å². The molecule has 2 aromatic rings. The molecule has 2 rings (SSSR count). The molecule has 0 saturated carbocycles. The summed E-state index contributed by atoms with van der Waals surface area (Å²) in [6.45, 7) is 6.69. The second-order valence-electron chi connectivity index (χ2n) is 6.99. The van der Waals surface area contributed by atoms with E-state index in [0.29, 0.717) is 30.5 Å². The zero-order chi connectivity index (χ0) is 22.3. The highest BCUT2D eigenvalue weighted by Crippen LogP contribution is 2.30. The summed E-state index contributed by atoms with van der Waals surface area (Å²) < 4.78 is 16.5. The van der Waals surface area contributed by atoms with Gasteiger partial charge in [-0.15, -0.1) is 24.0 Å².